The molecule has 0 saturated heterocycles. The quantitative estimate of drug-likeness (QED) is 0.381. The number of hydrogen-bond donors (Lipinski definition) is 1. The third-order valence-corrected chi connectivity index (χ3v) is 6.10. The summed E-state index contributed by atoms with van der Waals surface area (Å²) in [5.74, 6) is 1.95. The molecule has 0 fully saturated rings. The number of nitrogens with one attached hydrogen (secondary N) is 1. The fourth-order valence-corrected chi connectivity index (χ4v) is 4.14. The first-order valence-electron chi connectivity index (χ1n) is 10.2. The molecule has 0 aliphatic rings. The highest BCUT2D eigenvalue weighted by atomic mass is 32.2. The highest BCUT2D eigenvalue weighted by Gasteiger charge is 2.23. The number of carbonyl (C=O) groups excluding carboxylic acids is 1. The minimum Gasteiger partial charge on any atom is -0.495 e. The number of rotatable bonds is 8. The van der Waals surface area contributed by atoms with E-state index in [1.54, 1.807) is 13.4 Å². The molecule has 1 atom stereocenters. The van der Waals surface area contributed by atoms with Crippen LogP contribution >= 0.6 is 11.8 Å². The van der Waals surface area contributed by atoms with Crippen LogP contribution in [0, 0.1) is 6.92 Å². The molecule has 8 heteroatoms. The lowest BCUT2D eigenvalue weighted by molar-refractivity contribution is -0.115. The Morgan fingerprint density at radius 3 is 2.59 bits per heavy atom. The zero-order valence-electron chi connectivity index (χ0n) is 18.1. The van der Waals surface area contributed by atoms with Crippen molar-refractivity contribution in [3.63, 3.8) is 0 Å². The Labute approximate surface area is 190 Å². The monoisotopic (exact) mass is 448 g/mol. The Morgan fingerprint density at radius 1 is 1.12 bits per heavy atom. The van der Waals surface area contributed by atoms with E-state index < -0.39 is 5.25 Å². The van der Waals surface area contributed by atoms with Crippen LogP contribution in [0.4, 0.5) is 5.69 Å². The number of nitrogens with zero attached hydrogens (tertiary/aromatic N) is 3. The SMILES string of the molecule is COc1ccccc1NC(=O)C(C)Sc1nnc(-c2ccoc2C)n1Cc1ccccc1. The number of furan rings is 1. The number of aryl methyl sites for hydroxylation is 1. The van der Waals surface area contributed by atoms with Crippen LogP contribution in [0.5, 0.6) is 5.75 Å². The van der Waals surface area contributed by atoms with Gasteiger partial charge in [-0.15, -0.1) is 10.2 Å². The van der Waals surface area contributed by atoms with Gasteiger partial charge in [0.15, 0.2) is 11.0 Å². The zero-order chi connectivity index (χ0) is 22.5. The normalized spacial score (nSPS) is 11.8. The number of aromatic nitrogens is 3. The second kappa shape index (κ2) is 9.74. The first-order valence-corrected chi connectivity index (χ1v) is 11.1. The van der Waals surface area contributed by atoms with E-state index in [2.05, 4.69) is 27.6 Å². The van der Waals surface area contributed by atoms with E-state index in [9.17, 15) is 4.79 Å². The van der Waals surface area contributed by atoms with Gasteiger partial charge in [0.2, 0.25) is 5.91 Å². The minimum atomic E-state index is -0.406. The summed E-state index contributed by atoms with van der Waals surface area (Å²) in [7, 11) is 1.58. The molecule has 0 saturated carbocycles. The lowest BCUT2D eigenvalue weighted by Gasteiger charge is -2.15. The van der Waals surface area contributed by atoms with Crippen molar-refractivity contribution in [1.29, 1.82) is 0 Å². The predicted molar refractivity (Wildman–Crippen MR) is 125 cm³/mol. The van der Waals surface area contributed by atoms with Gasteiger partial charge in [-0.25, -0.2) is 0 Å². The number of hydrogen-bond acceptors (Lipinski definition) is 6. The van der Waals surface area contributed by atoms with Gasteiger partial charge in [0.05, 0.1) is 36.4 Å². The van der Waals surface area contributed by atoms with Crippen molar-refractivity contribution in [2.75, 3.05) is 12.4 Å². The van der Waals surface area contributed by atoms with Gasteiger partial charge >= 0.3 is 0 Å². The van der Waals surface area contributed by atoms with Gasteiger partial charge in [-0.2, -0.15) is 0 Å². The third-order valence-electron chi connectivity index (χ3n) is 5.02. The Hall–Kier alpha value is -3.52. The molecule has 0 aliphatic heterocycles. The smallest absolute Gasteiger partial charge is 0.237 e. The molecule has 2 aromatic carbocycles. The number of methoxy groups -OCH3 is 1. The number of benzene rings is 2. The number of carbonyl (C=O) groups is 1. The van der Waals surface area contributed by atoms with Crippen LogP contribution in [0.25, 0.3) is 11.4 Å². The van der Waals surface area contributed by atoms with E-state index >= 15 is 0 Å². The summed E-state index contributed by atoms with van der Waals surface area (Å²) in [6.07, 6.45) is 1.64. The van der Waals surface area contributed by atoms with Gasteiger partial charge < -0.3 is 14.5 Å². The standard InChI is InChI=1S/C24H24N4O3S/c1-16-19(13-14-31-16)22-26-27-24(28(22)15-18-9-5-4-6-10-18)32-17(2)23(29)25-20-11-7-8-12-21(20)30-3/h4-14,17H,15H2,1-3H3,(H,25,29). The molecular formula is C24H24N4O3S. The average Bonchev–Trinajstić information content (AvgIpc) is 3.40. The van der Waals surface area contributed by atoms with Crippen molar-refractivity contribution in [1.82, 2.24) is 14.8 Å². The molecule has 2 heterocycles. The summed E-state index contributed by atoms with van der Waals surface area (Å²) in [5, 5.41) is 12.0. The molecule has 0 aliphatic carbocycles. The molecule has 2 aromatic heterocycles. The van der Waals surface area contributed by atoms with E-state index in [4.69, 9.17) is 9.15 Å². The van der Waals surface area contributed by atoms with Crippen LogP contribution in [0.2, 0.25) is 0 Å². The highest BCUT2D eigenvalue weighted by Crippen LogP contribution is 2.31. The number of para-hydroxylation sites is 2. The molecule has 4 aromatic rings. The van der Waals surface area contributed by atoms with Gasteiger partial charge in [0, 0.05) is 0 Å². The van der Waals surface area contributed by atoms with E-state index in [1.807, 2.05) is 66.9 Å². The Balaban J connectivity index is 1.59. The Morgan fingerprint density at radius 2 is 1.88 bits per heavy atom. The highest BCUT2D eigenvalue weighted by molar-refractivity contribution is 8.00. The van der Waals surface area contributed by atoms with Crippen molar-refractivity contribution in [2.45, 2.75) is 30.8 Å². The Kier molecular flexibility index (Phi) is 6.61. The van der Waals surface area contributed by atoms with E-state index in [-0.39, 0.29) is 5.91 Å². The largest absolute Gasteiger partial charge is 0.495 e. The summed E-state index contributed by atoms with van der Waals surface area (Å²) < 4.78 is 12.8. The van der Waals surface area contributed by atoms with Crippen molar-refractivity contribution in [3.8, 4) is 17.1 Å². The van der Waals surface area contributed by atoms with Crippen LogP contribution in [-0.2, 0) is 11.3 Å². The molecule has 32 heavy (non-hydrogen) atoms. The summed E-state index contributed by atoms with van der Waals surface area (Å²) >= 11 is 1.36. The minimum absolute atomic E-state index is 0.144. The van der Waals surface area contributed by atoms with Crippen LogP contribution < -0.4 is 10.1 Å². The van der Waals surface area contributed by atoms with Gasteiger partial charge in [0.1, 0.15) is 11.5 Å². The third kappa shape index (κ3) is 4.70. The first-order chi connectivity index (χ1) is 15.6. The van der Waals surface area contributed by atoms with E-state index in [0.29, 0.717) is 29.0 Å². The summed E-state index contributed by atoms with van der Waals surface area (Å²) in [6.45, 7) is 4.32. The molecule has 0 spiro atoms. The number of thioether (sulfide) groups is 1. The van der Waals surface area contributed by atoms with Gasteiger partial charge in [-0.1, -0.05) is 54.2 Å². The van der Waals surface area contributed by atoms with Crippen molar-refractivity contribution in [2.24, 2.45) is 0 Å². The van der Waals surface area contributed by atoms with Crippen LogP contribution in [0.15, 0.2) is 76.5 Å². The molecule has 4 rings (SSSR count). The molecule has 0 radical (unpaired) electrons. The van der Waals surface area contributed by atoms with E-state index in [1.165, 1.54) is 11.8 Å². The van der Waals surface area contributed by atoms with Crippen molar-refractivity contribution >= 4 is 23.4 Å². The van der Waals surface area contributed by atoms with Gasteiger partial charge in [-0.3, -0.25) is 9.36 Å². The first kappa shape index (κ1) is 21.7. The maximum atomic E-state index is 12.9. The maximum Gasteiger partial charge on any atom is 0.237 e. The second-order valence-electron chi connectivity index (χ2n) is 7.22. The van der Waals surface area contributed by atoms with Gasteiger partial charge in [0.25, 0.3) is 0 Å². The van der Waals surface area contributed by atoms with Crippen LogP contribution in [0.3, 0.4) is 0 Å². The Bertz CT molecular complexity index is 1200. The number of anilines is 1. The maximum absolute atomic E-state index is 12.9. The van der Waals surface area contributed by atoms with Crippen LogP contribution in [-0.4, -0.2) is 33.0 Å². The lowest BCUT2D eigenvalue weighted by atomic mass is 10.2. The van der Waals surface area contributed by atoms with Crippen molar-refractivity contribution in [3.05, 3.63) is 78.3 Å². The molecule has 0 bridgehead atoms. The van der Waals surface area contributed by atoms with Gasteiger partial charge in [-0.05, 0) is 37.6 Å². The average molecular weight is 449 g/mol. The summed E-state index contributed by atoms with van der Waals surface area (Å²) in [5.41, 5.74) is 2.63. The van der Waals surface area contributed by atoms with E-state index in [0.717, 1.165) is 16.9 Å². The fourth-order valence-electron chi connectivity index (χ4n) is 3.29. The number of amides is 1. The van der Waals surface area contributed by atoms with Crippen LogP contribution in [0.1, 0.15) is 18.2 Å². The molecule has 7 nitrogen and oxygen atoms in total. The fraction of sp³-hybridized carbons (Fsp3) is 0.208. The molecule has 1 N–H and O–H groups in total. The molecule has 1 unspecified atom stereocenters. The molecule has 164 valence electrons. The summed E-state index contributed by atoms with van der Waals surface area (Å²) in [4.78, 5) is 12.9. The van der Waals surface area contributed by atoms with Crippen molar-refractivity contribution < 1.29 is 13.9 Å². The topological polar surface area (TPSA) is 82.2 Å². The molecule has 1 amide bonds. The summed E-state index contributed by atoms with van der Waals surface area (Å²) in [6, 6.07) is 19.3. The second-order valence-corrected chi connectivity index (χ2v) is 8.53. The molecular weight excluding hydrogens is 424 g/mol. The predicted octanol–water partition coefficient (Wildman–Crippen LogP) is 5.02. The number of ether oxygens (including phenoxy) is 1. The lowest BCUT2D eigenvalue weighted by Crippen LogP contribution is -2.23. The zero-order valence-corrected chi connectivity index (χ0v) is 18.9.